The normalized spacial score (nSPS) is 10.9. The van der Waals surface area contributed by atoms with E-state index in [1.807, 2.05) is 0 Å². The van der Waals surface area contributed by atoms with Gasteiger partial charge in [0.15, 0.2) is 5.11 Å². The van der Waals surface area contributed by atoms with Gasteiger partial charge < -0.3 is 5.32 Å². The molecule has 0 aliphatic heterocycles. The van der Waals surface area contributed by atoms with Gasteiger partial charge in [0, 0.05) is 23.7 Å². The second-order valence-electron chi connectivity index (χ2n) is 4.79. The summed E-state index contributed by atoms with van der Waals surface area (Å²) in [6.45, 7) is 0.377. The first kappa shape index (κ1) is 19.1. The van der Waals surface area contributed by atoms with Crippen molar-refractivity contribution in [1.29, 1.82) is 0 Å². The van der Waals surface area contributed by atoms with E-state index in [0.29, 0.717) is 11.6 Å². The van der Waals surface area contributed by atoms with Gasteiger partial charge in [-0.2, -0.15) is 0 Å². The molecule has 11 heteroatoms. The van der Waals surface area contributed by atoms with Gasteiger partial charge in [-0.3, -0.25) is 15.5 Å². The molecule has 25 heavy (non-hydrogen) atoms. The number of halogens is 1. The van der Waals surface area contributed by atoms with E-state index in [9.17, 15) is 18.5 Å². The third-order valence-electron chi connectivity index (χ3n) is 3.02. The van der Waals surface area contributed by atoms with Crippen molar-refractivity contribution in [2.24, 2.45) is 0 Å². The second-order valence-corrected chi connectivity index (χ2v) is 7.32. The first-order valence-electron chi connectivity index (χ1n) is 6.82. The third-order valence-corrected chi connectivity index (χ3v) is 4.79. The molecule has 2 aromatic carbocycles. The number of hydrazine groups is 1. The molecule has 0 amide bonds. The van der Waals surface area contributed by atoms with E-state index in [4.69, 9.17) is 23.8 Å². The number of hydrogen-bond donors (Lipinski definition) is 3. The van der Waals surface area contributed by atoms with Crippen LogP contribution >= 0.6 is 23.8 Å². The fourth-order valence-electron chi connectivity index (χ4n) is 1.75. The van der Waals surface area contributed by atoms with Gasteiger partial charge in [-0.25, -0.2) is 8.42 Å². The van der Waals surface area contributed by atoms with Crippen LogP contribution in [0.5, 0.6) is 0 Å². The van der Waals surface area contributed by atoms with Gasteiger partial charge in [0.25, 0.3) is 15.7 Å². The Hall–Kier alpha value is -2.27. The highest BCUT2D eigenvalue weighted by molar-refractivity contribution is 7.89. The maximum atomic E-state index is 12.1. The van der Waals surface area contributed by atoms with Crippen LogP contribution in [0.2, 0.25) is 5.02 Å². The Bertz CT molecular complexity index is 871. The van der Waals surface area contributed by atoms with Crippen molar-refractivity contribution in [3.05, 3.63) is 69.2 Å². The summed E-state index contributed by atoms with van der Waals surface area (Å²) in [4.78, 5) is 11.9. The van der Waals surface area contributed by atoms with Crippen LogP contribution in [-0.2, 0) is 16.6 Å². The molecule has 0 fully saturated rings. The van der Waals surface area contributed by atoms with Crippen LogP contribution in [0.25, 0.3) is 0 Å². The third kappa shape index (κ3) is 5.64. The quantitative estimate of drug-likeness (QED) is 0.386. The fourth-order valence-corrected chi connectivity index (χ4v) is 2.91. The van der Waals surface area contributed by atoms with E-state index in [2.05, 4.69) is 15.6 Å². The average Bonchev–Trinajstić information content (AvgIpc) is 2.59. The highest BCUT2D eigenvalue weighted by atomic mass is 35.5. The lowest BCUT2D eigenvalue weighted by Crippen LogP contribution is -2.46. The molecule has 0 atom stereocenters. The standard InChI is InChI=1S/C14H13ClN4O4S2/c15-11-3-1-10(2-4-11)9-16-14(24)17-18-25(22,23)13-7-5-12(6-8-13)19(20)21/h1-8,18H,9H2,(H2,16,17,24). The van der Waals surface area contributed by atoms with Gasteiger partial charge in [0.05, 0.1) is 9.82 Å². The zero-order chi connectivity index (χ0) is 18.4. The molecule has 2 rings (SSSR count). The van der Waals surface area contributed by atoms with E-state index >= 15 is 0 Å². The minimum atomic E-state index is -3.92. The molecule has 8 nitrogen and oxygen atoms in total. The number of nitrogens with one attached hydrogen (secondary N) is 3. The Morgan fingerprint density at radius 2 is 1.72 bits per heavy atom. The SMILES string of the molecule is O=[N+]([O-])c1ccc(S(=O)(=O)NNC(=S)NCc2ccc(Cl)cc2)cc1. The summed E-state index contributed by atoms with van der Waals surface area (Å²) in [5, 5.41) is 14.1. The molecule has 0 radical (unpaired) electrons. The highest BCUT2D eigenvalue weighted by Gasteiger charge is 2.15. The number of nitro groups is 1. The molecule has 0 spiro atoms. The van der Waals surface area contributed by atoms with E-state index in [-0.39, 0.29) is 15.7 Å². The molecular weight excluding hydrogens is 388 g/mol. The van der Waals surface area contributed by atoms with Gasteiger partial charge in [-0.15, -0.1) is 4.83 Å². The molecule has 0 heterocycles. The summed E-state index contributed by atoms with van der Waals surface area (Å²) in [5.41, 5.74) is 3.07. The predicted octanol–water partition coefficient (Wildman–Crippen LogP) is 2.11. The van der Waals surface area contributed by atoms with Crippen molar-refractivity contribution in [1.82, 2.24) is 15.6 Å². The maximum Gasteiger partial charge on any atom is 0.269 e. The summed E-state index contributed by atoms with van der Waals surface area (Å²) < 4.78 is 24.2. The molecule has 0 saturated carbocycles. The van der Waals surface area contributed by atoms with Gasteiger partial charge in [-0.1, -0.05) is 23.7 Å². The molecule has 132 valence electrons. The van der Waals surface area contributed by atoms with E-state index < -0.39 is 14.9 Å². The number of benzene rings is 2. The zero-order valence-corrected chi connectivity index (χ0v) is 15.0. The Balaban J connectivity index is 1.89. The summed E-state index contributed by atoms with van der Waals surface area (Å²) in [7, 11) is -3.92. The summed E-state index contributed by atoms with van der Waals surface area (Å²) in [6, 6.07) is 11.5. The van der Waals surface area contributed by atoms with Crippen molar-refractivity contribution >= 4 is 44.6 Å². The Kier molecular flexibility index (Phi) is 6.26. The van der Waals surface area contributed by atoms with Crippen LogP contribution < -0.4 is 15.6 Å². The molecule has 0 aliphatic rings. The molecule has 3 N–H and O–H groups in total. The van der Waals surface area contributed by atoms with Crippen molar-refractivity contribution in [2.75, 3.05) is 0 Å². The first-order valence-corrected chi connectivity index (χ1v) is 9.09. The highest BCUT2D eigenvalue weighted by Crippen LogP contribution is 2.15. The smallest absolute Gasteiger partial charge is 0.269 e. The minimum Gasteiger partial charge on any atom is -0.358 e. The van der Waals surface area contributed by atoms with Crippen LogP contribution in [0.15, 0.2) is 53.4 Å². The summed E-state index contributed by atoms with van der Waals surface area (Å²) in [5.74, 6) is 0. The van der Waals surface area contributed by atoms with E-state index in [1.165, 1.54) is 0 Å². The average molecular weight is 401 g/mol. The number of non-ortho nitro benzene ring substituents is 1. The first-order chi connectivity index (χ1) is 11.8. The largest absolute Gasteiger partial charge is 0.358 e. The monoisotopic (exact) mass is 400 g/mol. The molecule has 0 aliphatic carbocycles. The van der Waals surface area contributed by atoms with Gasteiger partial charge in [0.2, 0.25) is 0 Å². The number of hydrogen-bond acceptors (Lipinski definition) is 5. The molecular formula is C14H13ClN4O4S2. The Morgan fingerprint density at radius 3 is 2.28 bits per heavy atom. The topological polar surface area (TPSA) is 113 Å². The van der Waals surface area contributed by atoms with Crippen LogP contribution in [0.1, 0.15) is 5.56 Å². The fraction of sp³-hybridized carbons (Fsp3) is 0.0714. The number of nitro benzene ring substituents is 1. The lowest BCUT2D eigenvalue weighted by atomic mass is 10.2. The van der Waals surface area contributed by atoms with Gasteiger partial charge in [-0.05, 0) is 42.0 Å². The predicted molar refractivity (Wildman–Crippen MR) is 97.4 cm³/mol. The van der Waals surface area contributed by atoms with Gasteiger partial charge in [0.1, 0.15) is 0 Å². The molecule has 0 unspecified atom stereocenters. The van der Waals surface area contributed by atoms with Crippen LogP contribution in [-0.4, -0.2) is 18.5 Å². The number of rotatable bonds is 6. The summed E-state index contributed by atoms with van der Waals surface area (Å²) >= 11 is 10.8. The molecule has 0 saturated heterocycles. The van der Waals surface area contributed by atoms with Gasteiger partial charge >= 0.3 is 0 Å². The van der Waals surface area contributed by atoms with Crippen LogP contribution in [0.3, 0.4) is 0 Å². The van der Waals surface area contributed by atoms with E-state index in [1.54, 1.807) is 24.3 Å². The number of sulfonamides is 1. The zero-order valence-electron chi connectivity index (χ0n) is 12.6. The van der Waals surface area contributed by atoms with E-state index in [0.717, 1.165) is 29.8 Å². The second kappa shape index (κ2) is 8.21. The van der Waals surface area contributed by atoms with Crippen molar-refractivity contribution in [3.8, 4) is 0 Å². The van der Waals surface area contributed by atoms with Crippen molar-refractivity contribution in [3.63, 3.8) is 0 Å². The number of thiocarbonyl (C=S) groups is 1. The van der Waals surface area contributed by atoms with Crippen molar-refractivity contribution in [2.45, 2.75) is 11.4 Å². The minimum absolute atomic E-state index is 0.0698. The number of nitrogens with zero attached hydrogens (tertiary/aromatic N) is 1. The lowest BCUT2D eigenvalue weighted by Gasteiger charge is -2.12. The Labute approximate surface area is 154 Å². The summed E-state index contributed by atoms with van der Waals surface area (Å²) in [6.07, 6.45) is 0. The maximum absolute atomic E-state index is 12.1. The van der Waals surface area contributed by atoms with Crippen LogP contribution in [0.4, 0.5) is 5.69 Å². The molecule has 2 aromatic rings. The Morgan fingerprint density at radius 1 is 1.12 bits per heavy atom. The van der Waals surface area contributed by atoms with Crippen LogP contribution in [0, 0.1) is 10.1 Å². The lowest BCUT2D eigenvalue weighted by molar-refractivity contribution is -0.384. The molecule has 0 bridgehead atoms. The van der Waals surface area contributed by atoms with Crippen molar-refractivity contribution < 1.29 is 13.3 Å². The molecule has 0 aromatic heterocycles.